The minimum atomic E-state index is 0.854. The highest BCUT2D eigenvalue weighted by atomic mass is 18.0. The molecule has 136 valence electrons. The molecule has 0 aromatic heterocycles. The lowest BCUT2D eigenvalue weighted by molar-refractivity contribution is -0.891. The van der Waals surface area contributed by atoms with Gasteiger partial charge >= 0.3 is 0 Å². The zero-order chi connectivity index (χ0) is 16.8. The summed E-state index contributed by atoms with van der Waals surface area (Å²) in [4.78, 5) is 7.87. The Bertz CT molecular complexity index is 220. The molecule has 0 aromatic rings. The summed E-state index contributed by atoms with van der Waals surface area (Å²) in [6.07, 6.45) is 1.71. The minimum Gasteiger partial charge on any atom is -0.315 e. The average molecular weight is 358 g/mol. The molecule has 19 nitrogen and oxygen atoms in total. The second-order valence-electron chi connectivity index (χ2n) is 1.68. The maximum atomic E-state index is 3.94. The zero-order valence-corrected chi connectivity index (χ0v) is 10.3. The molecule has 0 N–H and O–H groups in total. The highest BCUT2D eigenvalue weighted by Gasteiger charge is 1.99. The van der Waals surface area contributed by atoms with Gasteiger partial charge in [-0.05, 0) is 0 Å². The van der Waals surface area contributed by atoms with Crippen molar-refractivity contribution in [3.8, 4) is 0 Å². The van der Waals surface area contributed by atoms with Gasteiger partial charge in [-0.3, -0.25) is 0 Å². The first-order valence-corrected chi connectivity index (χ1v) is 4.29. The van der Waals surface area contributed by atoms with Crippen LogP contribution in [0.4, 0.5) is 0 Å². The van der Waals surface area contributed by atoms with Crippen LogP contribution in [0.25, 0.3) is 0 Å². The summed E-state index contributed by atoms with van der Waals surface area (Å²) in [7, 11) is 0. The van der Waals surface area contributed by atoms with Gasteiger partial charge in [0.1, 0.15) is 12.5 Å². The molecule has 0 aliphatic carbocycles. The van der Waals surface area contributed by atoms with Crippen molar-refractivity contribution in [3.05, 3.63) is 25.7 Å². The Labute approximate surface area is 122 Å². The normalized spacial score (nSPS) is 10.4. The third-order valence-electron chi connectivity index (χ3n) is 0.659. The van der Waals surface area contributed by atoms with E-state index >= 15 is 0 Å². The molecule has 0 saturated carbocycles. The van der Waals surface area contributed by atoms with Crippen LogP contribution < -0.4 is 0 Å². The Balaban J connectivity index is 2.94. The quantitative estimate of drug-likeness (QED) is 0.123. The molecule has 0 aliphatic rings. The summed E-state index contributed by atoms with van der Waals surface area (Å²) in [6, 6.07) is 0. The molecule has 0 heterocycles. The molecule has 0 atom stereocenters. The molecular weight excluding hydrogens is 352 g/mol. The van der Waals surface area contributed by atoms with Crippen LogP contribution in [0.2, 0.25) is 0 Å². The van der Waals surface area contributed by atoms with E-state index in [9.17, 15) is 0 Å². The van der Waals surface area contributed by atoms with Gasteiger partial charge in [0.15, 0.2) is 0 Å². The molecule has 0 unspecified atom stereocenters. The van der Waals surface area contributed by atoms with Crippen LogP contribution in [-0.4, -0.2) is 0 Å². The van der Waals surface area contributed by atoms with Gasteiger partial charge in [-0.15, -0.1) is 0 Å². The Morgan fingerprint density at radius 2 is 0.478 bits per heavy atom. The minimum absolute atomic E-state index is 0.854. The van der Waals surface area contributed by atoms with Crippen molar-refractivity contribution in [2.45, 2.75) is 0 Å². The lowest BCUT2D eigenvalue weighted by Crippen LogP contribution is -2.05. The highest BCUT2D eigenvalue weighted by Crippen LogP contribution is 1.93. The second-order valence-corrected chi connectivity index (χ2v) is 1.68. The molecule has 0 radical (unpaired) electrons. The predicted molar refractivity (Wildman–Crippen MR) is 41.0 cm³/mol. The standard InChI is InChI=1S/C4H6O19/c1-3-5-7-9-11-13-15-17-19-21-23-22-20-18-16-14-12-10-8-6-4-2/h3-4H,1-2H2. The summed E-state index contributed by atoms with van der Waals surface area (Å²) in [5, 5.41) is 60.8. The van der Waals surface area contributed by atoms with Gasteiger partial charge in [-0.2, -0.15) is 0 Å². The van der Waals surface area contributed by atoms with Crippen LogP contribution in [0, 0.1) is 0 Å². The number of hydrogen-bond donors (Lipinski definition) is 0. The zero-order valence-electron chi connectivity index (χ0n) is 10.3. The first kappa shape index (κ1) is 21.4. The molecule has 23 heavy (non-hydrogen) atoms. The molecule has 19 heteroatoms. The van der Waals surface area contributed by atoms with Crippen molar-refractivity contribution in [1.29, 1.82) is 0 Å². The fourth-order valence-corrected chi connectivity index (χ4v) is 0.258. The van der Waals surface area contributed by atoms with E-state index < -0.39 is 0 Å². The Hall–Kier alpha value is -1.60. The Morgan fingerprint density at radius 1 is 0.304 bits per heavy atom. The topological polar surface area (TPSA) is 175 Å². The smallest absolute Gasteiger partial charge is 0.125 e. The van der Waals surface area contributed by atoms with Gasteiger partial charge in [0, 0.05) is 85.7 Å². The summed E-state index contributed by atoms with van der Waals surface area (Å²) < 4.78 is 0. The molecule has 0 saturated heterocycles. The molecule has 0 spiro atoms. The molecular formula is C4H6O19. The van der Waals surface area contributed by atoms with E-state index in [0.29, 0.717) is 0 Å². The molecule has 0 fully saturated rings. The molecule has 0 bridgehead atoms. The molecule has 0 aliphatic heterocycles. The Kier molecular flexibility index (Phi) is 19.0. The van der Waals surface area contributed by atoms with Gasteiger partial charge < -0.3 is 9.78 Å². The van der Waals surface area contributed by atoms with E-state index in [1.165, 1.54) is 0 Å². The monoisotopic (exact) mass is 358 g/mol. The maximum Gasteiger partial charge on any atom is 0.125 e. The summed E-state index contributed by atoms with van der Waals surface area (Å²) in [6.45, 7) is 6.16. The van der Waals surface area contributed by atoms with Crippen LogP contribution in [0.5, 0.6) is 0 Å². The van der Waals surface area contributed by atoms with Crippen molar-refractivity contribution in [2.75, 3.05) is 0 Å². The number of rotatable bonds is 20. The van der Waals surface area contributed by atoms with E-state index in [0.717, 1.165) is 12.5 Å². The van der Waals surface area contributed by atoms with Gasteiger partial charge in [0.2, 0.25) is 0 Å². The summed E-state index contributed by atoms with van der Waals surface area (Å²) in [5.74, 6) is 0. The van der Waals surface area contributed by atoms with Crippen LogP contribution in [0.3, 0.4) is 0 Å². The predicted octanol–water partition coefficient (Wildman–Crippen LogP) is 0.0588. The van der Waals surface area contributed by atoms with E-state index in [1.54, 1.807) is 0 Å². The van der Waals surface area contributed by atoms with E-state index in [-0.39, 0.29) is 0 Å². The molecule has 0 rings (SSSR count). The highest BCUT2D eigenvalue weighted by molar-refractivity contribution is 4.41. The SMILES string of the molecule is C=COOOOOOOOOOOOOOOOOOOC=C. The van der Waals surface area contributed by atoms with Crippen LogP contribution in [0.1, 0.15) is 0 Å². The third kappa shape index (κ3) is 20.4. The largest absolute Gasteiger partial charge is 0.315 e. The molecule has 0 aromatic carbocycles. The first-order valence-electron chi connectivity index (χ1n) is 4.29. The van der Waals surface area contributed by atoms with Crippen molar-refractivity contribution >= 4 is 0 Å². The van der Waals surface area contributed by atoms with E-state index in [1.807, 2.05) is 0 Å². The average Bonchev–Trinajstić information content (AvgIpc) is 2.57. The molecule has 0 amide bonds. The van der Waals surface area contributed by atoms with Crippen molar-refractivity contribution in [3.63, 3.8) is 0 Å². The van der Waals surface area contributed by atoms with E-state index in [4.69, 9.17) is 0 Å². The number of hydrogen-bond acceptors (Lipinski definition) is 19. The third-order valence-corrected chi connectivity index (χ3v) is 0.659. The van der Waals surface area contributed by atoms with Gasteiger partial charge in [0.25, 0.3) is 0 Å². The van der Waals surface area contributed by atoms with E-state index in [2.05, 4.69) is 109 Å². The van der Waals surface area contributed by atoms with Crippen LogP contribution >= 0.6 is 0 Å². The van der Waals surface area contributed by atoms with Gasteiger partial charge in [-0.25, -0.2) is 0 Å². The van der Waals surface area contributed by atoms with Crippen LogP contribution in [0.15, 0.2) is 25.7 Å². The van der Waals surface area contributed by atoms with Gasteiger partial charge in [-0.1, -0.05) is 13.2 Å². The summed E-state index contributed by atoms with van der Waals surface area (Å²) >= 11 is 0. The van der Waals surface area contributed by atoms with Gasteiger partial charge in [0.05, 0.1) is 0 Å². The first-order chi connectivity index (χ1) is 11.4. The Morgan fingerprint density at radius 3 is 0.652 bits per heavy atom. The lowest BCUT2D eigenvalue weighted by atomic mass is 11.2. The fraction of sp³-hybridized carbons (Fsp3) is 0. The van der Waals surface area contributed by atoms with Crippen molar-refractivity contribution in [2.24, 2.45) is 0 Å². The van der Waals surface area contributed by atoms with Crippen LogP contribution in [-0.2, 0) is 95.4 Å². The van der Waals surface area contributed by atoms with Crippen molar-refractivity contribution < 1.29 is 95.4 Å². The maximum absolute atomic E-state index is 3.94. The second kappa shape index (κ2) is 20.4. The van der Waals surface area contributed by atoms with Crippen molar-refractivity contribution in [1.82, 2.24) is 0 Å². The summed E-state index contributed by atoms with van der Waals surface area (Å²) in [5.41, 5.74) is 0. The lowest BCUT2D eigenvalue weighted by Gasteiger charge is -1.99. The fourth-order valence-electron chi connectivity index (χ4n) is 0.258.